The molecule has 1 aromatic rings. The summed E-state index contributed by atoms with van der Waals surface area (Å²) in [6.07, 6.45) is 2.15. The summed E-state index contributed by atoms with van der Waals surface area (Å²) < 4.78 is 6.19. The van der Waals surface area contributed by atoms with E-state index in [2.05, 4.69) is 24.1 Å². The number of aliphatic hydroxyl groups is 1. The van der Waals surface area contributed by atoms with Crippen LogP contribution in [0.2, 0.25) is 0 Å². The zero-order valence-electron chi connectivity index (χ0n) is 13.1. The predicted molar refractivity (Wildman–Crippen MR) is 81.2 cm³/mol. The van der Waals surface area contributed by atoms with Crippen LogP contribution in [0.25, 0.3) is 0 Å². The summed E-state index contributed by atoms with van der Waals surface area (Å²) in [6.45, 7) is 2.95. The van der Waals surface area contributed by atoms with Gasteiger partial charge in [0.15, 0.2) is 11.9 Å². The number of rotatable bonds is 0. The maximum absolute atomic E-state index is 12.6. The molecule has 1 N–H and O–H groups in total. The predicted octanol–water partition coefficient (Wildman–Crippen LogP) is 1.35. The number of aryl methyl sites for hydroxylation is 1. The van der Waals surface area contributed by atoms with Gasteiger partial charge in [-0.1, -0.05) is 12.1 Å². The molecule has 4 nitrogen and oxygen atoms in total. The Bertz CT molecular complexity index is 715. The number of carbonyl (C=O) groups excluding carboxylic acids is 1. The van der Waals surface area contributed by atoms with Crippen molar-refractivity contribution >= 4 is 5.78 Å². The lowest BCUT2D eigenvalue weighted by molar-refractivity contribution is -0.185. The van der Waals surface area contributed by atoms with E-state index in [9.17, 15) is 9.90 Å². The van der Waals surface area contributed by atoms with Crippen LogP contribution in [-0.2, 0) is 16.6 Å². The number of hydrogen-bond acceptors (Lipinski definition) is 4. The molecule has 5 rings (SSSR count). The largest absolute Gasteiger partial charge is 0.481 e. The molecule has 2 bridgehead atoms. The van der Waals surface area contributed by atoms with Crippen LogP contribution in [0.4, 0.5) is 0 Å². The number of nitrogens with zero attached hydrogens (tertiary/aromatic N) is 1. The molecule has 116 valence electrons. The molecule has 4 heteroatoms. The van der Waals surface area contributed by atoms with Crippen LogP contribution >= 0.6 is 0 Å². The van der Waals surface area contributed by atoms with Gasteiger partial charge in [0.2, 0.25) is 0 Å². The summed E-state index contributed by atoms with van der Waals surface area (Å²) in [5.74, 6) is 1.04. The molecule has 2 fully saturated rings. The van der Waals surface area contributed by atoms with Gasteiger partial charge in [-0.25, -0.2) is 0 Å². The molecule has 4 atom stereocenters. The lowest BCUT2D eigenvalue weighted by Crippen LogP contribution is -2.76. The number of carbonyl (C=O) groups is 1. The lowest BCUT2D eigenvalue weighted by atomic mass is 9.49. The molecule has 2 aliphatic carbocycles. The van der Waals surface area contributed by atoms with Crippen molar-refractivity contribution in [2.75, 3.05) is 13.6 Å². The van der Waals surface area contributed by atoms with E-state index in [4.69, 9.17) is 4.74 Å². The van der Waals surface area contributed by atoms with E-state index < -0.39 is 17.1 Å². The Hall–Kier alpha value is -1.39. The molecular formula is C18H21NO3. The second kappa shape index (κ2) is 3.74. The summed E-state index contributed by atoms with van der Waals surface area (Å²) in [6, 6.07) is 4.35. The Balaban J connectivity index is 1.88. The minimum Gasteiger partial charge on any atom is -0.481 e. The Labute approximate surface area is 130 Å². The highest BCUT2D eigenvalue weighted by Gasteiger charge is 2.72. The molecule has 2 heterocycles. The van der Waals surface area contributed by atoms with Crippen LogP contribution in [0.1, 0.15) is 36.0 Å². The topological polar surface area (TPSA) is 49.8 Å². The van der Waals surface area contributed by atoms with Crippen molar-refractivity contribution in [2.45, 2.75) is 55.8 Å². The molecule has 3 unspecified atom stereocenters. The molecule has 22 heavy (non-hydrogen) atoms. The molecule has 1 saturated heterocycles. The molecule has 4 aliphatic rings. The second-order valence-electron chi connectivity index (χ2n) is 7.56. The number of piperidine rings is 1. The highest BCUT2D eigenvalue weighted by molar-refractivity contribution is 5.89. The third kappa shape index (κ3) is 1.16. The minimum absolute atomic E-state index is 0.0848. The third-order valence-electron chi connectivity index (χ3n) is 6.74. The van der Waals surface area contributed by atoms with Crippen LogP contribution in [0.15, 0.2) is 12.1 Å². The van der Waals surface area contributed by atoms with Gasteiger partial charge in [-0.2, -0.15) is 0 Å². The number of ether oxygens (including phenoxy) is 1. The van der Waals surface area contributed by atoms with E-state index in [1.54, 1.807) is 0 Å². The first-order valence-corrected chi connectivity index (χ1v) is 8.24. The normalized spacial score (nSPS) is 42.0. The molecule has 2 aliphatic heterocycles. The maximum Gasteiger partial charge on any atom is 0.174 e. The number of likely N-dealkylation sites (tertiary alicyclic amines) is 1. The van der Waals surface area contributed by atoms with Crippen molar-refractivity contribution in [3.05, 3.63) is 28.8 Å². The fourth-order valence-electron chi connectivity index (χ4n) is 5.68. The fraction of sp³-hybridized carbons (Fsp3) is 0.611. The van der Waals surface area contributed by atoms with Crippen LogP contribution < -0.4 is 4.74 Å². The number of likely N-dealkylation sites (N-methyl/N-ethyl adjacent to an activating group) is 1. The van der Waals surface area contributed by atoms with Crippen molar-refractivity contribution < 1.29 is 14.6 Å². The van der Waals surface area contributed by atoms with Gasteiger partial charge in [0.1, 0.15) is 5.75 Å². The monoisotopic (exact) mass is 299 g/mol. The number of Topliss-reactive ketones (excluding diaryl/α,β-unsaturated/α-hetero) is 1. The van der Waals surface area contributed by atoms with Gasteiger partial charge >= 0.3 is 0 Å². The lowest BCUT2D eigenvalue weighted by Gasteiger charge is -2.62. The summed E-state index contributed by atoms with van der Waals surface area (Å²) in [5, 5.41) is 11.7. The Morgan fingerprint density at radius 2 is 2.18 bits per heavy atom. The third-order valence-corrected chi connectivity index (χ3v) is 6.74. The van der Waals surface area contributed by atoms with Crippen LogP contribution in [-0.4, -0.2) is 47.1 Å². The zero-order valence-corrected chi connectivity index (χ0v) is 13.1. The fourth-order valence-corrected chi connectivity index (χ4v) is 5.68. The van der Waals surface area contributed by atoms with Gasteiger partial charge in [-0.05, 0) is 50.9 Å². The number of hydrogen-bond donors (Lipinski definition) is 1. The number of benzene rings is 1. The molecule has 0 amide bonds. The molecule has 1 aromatic carbocycles. The van der Waals surface area contributed by atoms with Gasteiger partial charge in [-0.3, -0.25) is 4.79 Å². The molecule has 0 radical (unpaired) electrons. The van der Waals surface area contributed by atoms with Crippen LogP contribution in [0.5, 0.6) is 5.75 Å². The quantitative estimate of drug-likeness (QED) is 0.785. The Kier molecular flexibility index (Phi) is 2.23. The summed E-state index contributed by atoms with van der Waals surface area (Å²) in [4.78, 5) is 14.9. The minimum atomic E-state index is -0.843. The number of ketones is 1. The van der Waals surface area contributed by atoms with E-state index in [1.807, 2.05) is 6.92 Å². The summed E-state index contributed by atoms with van der Waals surface area (Å²) in [5.41, 5.74) is 2.13. The van der Waals surface area contributed by atoms with Crippen molar-refractivity contribution in [3.63, 3.8) is 0 Å². The van der Waals surface area contributed by atoms with E-state index in [-0.39, 0.29) is 11.8 Å². The van der Waals surface area contributed by atoms with E-state index >= 15 is 0 Å². The van der Waals surface area contributed by atoms with Crippen LogP contribution in [0.3, 0.4) is 0 Å². The highest BCUT2D eigenvalue weighted by Crippen LogP contribution is 2.63. The molecular weight excluding hydrogens is 278 g/mol. The standard InChI is InChI=1S/C18H21NO3/c1-10-3-4-11-9-13-18(21)6-5-12(20)16-17(18,7-8-19(13)2)14(11)15(10)22-16/h3-4,13,16,21H,5-9H2,1-2H3/t13?,16?,17-,18?/m0/s1. The van der Waals surface area contributed by atoms with Crippen molar-refractivity contribution in [1.29, 1.82) is 0 Å². The van der Waals surface area contributed by atoms with Crippen molar-refractivity contribution in [2.24, 2.45) is 0 Å². The summed E-state index contributed by atoms with van der Waals surface area (Å²) >= 11 is 0. The van der Waals surface area contributed by atoms with Gasteiger partial charge in [-0.15, -0.1) is 0 Å². The molecule has 1 saturated carbocycles. The zero-order chi connectivity index (χ0) is 15.3. The van der Waals surface area contributed by atoms with Gasteiger partial charge in [0.25, 0.3) is 0 Å². The average molecular weight is 299 g/mol. The van der Waals surface area contributed by atoms with E-state index in [1.165, 1.54) is 5.56 Å². The Morgan fingerprint density at radius 1 is 1.36 bits per heavy atom. The summed E-state index contributed by atoms with van der Waals surface area (Å²) in [7, 11) is 2.09. The van der Waals surface area contributed by atoms with E-state index in [0.29, 0.717) is 12.8 Å². The average Bonchev–Trinajstić information content (AvgIpc) is 2.85. The van der Waals surface area contributed by atoms with Crippen molar-refractivity contribution in [3.8, 4) is 5.75 Å². The first-order valence-electron chi connectivity index (χ1n) is 8.24. The van der Waals surface area contributed by atoms with Gasteiger partial charge < -0.3 is 14.7 Å². The molecule has 0 aromatic heterocycles. The SMILES string of the molecule is Cc1ccc2c3c1OC1C(=O)CCC4(O)C(C2)N(C)CC[C@]314. The van der Waals surface area contributed by atoms with Crippen LogP contribution in [0, 0.1) is 6.92 Å². The second-order valence-corrected chi connectivity index (χ2v) is 7.56. The maximum atomic E-state index is 12.6. The van der Waals surface area contributed by atoms with E-state index in [0.717, 1.165) is 36.3 Å². The molecule has 1 spiro atoms. The smallest absolute Gasteiger partial charge is 0.174 e. The van der Waals surface area contributed by atoms with Gasteiger partial charge in [0, 0.05) is 18.0 Å². The highest BCUT2D eigenvalue weighted by atomic mass is 16.5. The first-order chi connectivity index (χ1) is 10.5. The Morgan fingerprint density at radius 3 is 3.00 bits per heavy atom. The first kappa shape index (κ1) is 13.1. The van der Waals surface area contributed by atoms with Crippen molar-refractivity contribution in [1.82, 2.24) is 4.90 Å². The van der Waals surface area contributed by atoms with Gasteiger partial charge in [0.05, 0.1) is 11.0 Å².